The van der Waals surface area contributed by atoms with Gasteiger partial charge in [0.05, 0.1) is 0 Å². The molecule has 0 aliphatic rings. The number of hydrogen-bond acceptors (Lipinski definition) is 6. The summed E-state index contributed by atoms with van der Waals surface area (Å²) in [5.41, 5.74) is 0. The van der Waals surface area contributed by atoms with E-state index in [4.69, 9.17) is 14.2 Å². The maximum absolute atomic E-state index is 12.8. The van der Waals surface area contributed by atoms with Crippen LogP contribution in [-0.2, 0) is 28.6 Å². The number of rotatable bonds is 49. The third-order valence-corrected chi connectivity index (χ3v) is 11.5. The Morgan fingerprint density at radius 2 is 0.574 bits per heavy atom. The van der Waals surface area contributed by atoms with Gasteiger partial charge < -0.3 is 14.2 Å². The van der Waals surface area contributed by atoms with Crippen molar-refractivity contribution in [2.24, 2.45) is 0 Å². The maximum atomic E-state index is 12.8. The number of hydrogen-bond donors (Lipinski definition) is 0. The first-order valence-corrected chi connectivity index (χ1v) is 27.9. The van der Waals surface area contributed by atoms with Crippen LogP contribution in [0.1, 0.15) is 245 Å². The molecule has 0 saturated heterocycles. The lowest BCUT2D eigenvalue weighted by molar-refractivity contribution is -0.167. The van der Waals surface area contributed by atoms with E-state index in [0.29, 0.717) is 19.3 Å². The van der Waals surface area contributed by atoms with Gasteiger partial charge in [0.1, 0.15) is 13.2 Å². The zero-order valence-electron chi connectivity index (χ0n) is 44.1. The van der Waals surface area contributed by atoms with Gasteiger partial charge in [-0.3, -0.25) is 14.4 Å². The molecular formula is C62H102O6. The zero-order valence-corrected chi connectivity index (χ0v) is 44.1. The molecule has 0 saturated carbocycles. The minimum absolute atomic E-state index is 0.0973. The van der Waals surface area contributed by atoms with E-state index in [1.807, 2.05) is 0 Å². The van der Waals surface area contributed by atoms with Gasteiger partial charge in [-0.05, 0) is 122 Å². The Morgan fingerprint density at radius 3 is 0.912 bits per heavy atom. The van der Waals surface area contributed by atoms with Crippen molar-refractivity contribution in [1.29, 1.82) is 0 Å². The number of carbonyl (C=O) groups excluding carboxylic acids is 3. The summed E-state index contributed by atoms with van der Waals surface area (Å²) in [6, 6.07) is 0. The van der Waals surface area contributed by atoms with E-state index in [2.05, 4.69) is 130 Å². The fourth-order valence-electron chi connectivity index (χ4n) is 7.36. The van der Waals surface area contributed by atoms with Crippen LogP contribution in [0.25, 0.3) is 0 Å². The Balaban J connectivity index is 4.45. The highest BCUT2D eigenvalue weighted by molar-refractivity contribution is 5.71. The highest BCUT2D eigenvalue weighted by atomic mass is 16.6. The van der Waals surface area contributed by atoms with Crippen molar-refractivity contribution in [1.82, 2.24) is 0 Å². The number of allylic oxidation sites excluding steroid dienone is 18. The molecule has 0 amide bonds. The van der Waals surface area contributed by atoms with Crippen molar-refractivity contribution < 1.29 is 28.6 Å². The molecule has 68 heavy (non-hydrogen) atoms. The van der Waals surface area contributed by atoms with Gasteiger partial charge in [0.2, 0.25) is 0 Å². The minimum Gasteiger partial charge on any atom is -0.462 e. The molecule has 0 bridgehead atoms. The lowest BCUT2D eigenvalue weighted by Crippen LogP contribution is -2.30. The minimum atomic E-state index is -0.801. The fraction of sp³-hybridized carbons (Fsp3) is 0.661. The van der Waals surface area contributed by atoms with Gasteiger partial charge in [-0.25, -0.2) is 0 Å². The summed E-state index contributed by atoms with van der Waals surface area (Å²) in [5, 5.41) is 0. The maximum Gasteiger partial charge on any atom is 0.306 e. The van der Waals surface area contributed by atoms with Crippen LogP contribution in [0.2, 0.25) is 0 Å². The van der Waals surface area contributed by atoms with Crippen molar-refractivity contribution in [3.8, 4) is 0 Å². The highest BCUT2D eigenvalue weighted by Crippen LogP contribution is 2.14. The van der Waals surface area contributed by atoms with E-state index < -0.39 is 6.10 Å². The van der Waals surface area contributed by atoms with Crippen LogP contribution in [0.15, 0.2) is 109 Å². The Hall–Kier alpha value is -3.93. The molecule has 0 heterocycles. The van der Waals surface area contributed by atoms with E-state index in [9.17, 15) is 14.4 Å². The summed E-state index contributed by atoms with van der Waals surface area (Å²) in [4.78, 5) is 38.1. The smallest absolute Gasteiger partial charge is 0.306 e. The molecule has 0 radical (unpaired) electrons. The first-order valence-electron chi connectivity index (χ1n) is 27.9. The average Bonchev–Trinajstić information content (AvgIpc) is 3.34. The molecule has 0 aliphatic carbocycles. The lowest BCUT2D eigenvalue weighted by atomic mass is 10.1. The summed E-state index contributed by atoms with van der Waals surface area (Å²) in [7, 11) is 0. The quantitative estimate of drug-likeness (QED) is 0.0262. The summed E-state index contributed by atoms with van der Waals surface area (Å²) < 4.78 is 16.8. The van der Waals surface area contributed by atoms with Gasteiger partial charge in [-0.15, -0.1) is 0 Å². The molecular weight excluding hydrogens is 841 g/mol. The number of carbonyl (C=O) groups is 3. The first-order chi connectivity index (χ1) is 33.5. The molecule has 6 heteroatoms. The van der Waals surface area contributed by atoms with Gasteiger partial charge in [0.25, 0.3) is 0 Å². The predicted octanol–water partition coefficient (Wildman–Crippen LogP) is 18.7. The number of unbranched alkanes of at least 4 members (excludes halogenated alkanes) is 20. The van der Waals surface area contributed by atoms with Gasteiger partial charge >= 0.3 is 17.9 Å². The number of ether oxygens (including phenoxy) is 3. The molecule has 386 valence electrons. The molecule has 0 aromatic rings. The molecule has 6 nitrogen and oxygen atoms in total. The van der Waals surface area contributed by atoms with Gasteiger partial charge in [-0.2, -0.15) is 0 Å². The first kappa shape index (κ1) is 64.1. The van der Waals surface area contributed by atoms with Crippen LogP contribution in [-0.4, -0.2) is 37.2 Å². The van der Waals surface area contributed by atoms with Crippen LogP contribution in [0.4, 0.5) is 0 Å². The molecule has 1 unspecified atom stereocenters. The standard InChI is InChI=1S/C62H102O6/c1-4-7-10-13-16-19-22-25-28-29-30-31-32-33-35-37-40-43-46-49-52-55-61(64)67-58-59(57-66-60(63)54-51-48-45-42-39-36-27-24-21-18-15-12-9-6-3)68-62(65)56-53-50-47-44-41-38-34-26-23-20-17-14-11-8-5-2/h7-8,10-11,16-17,19-20,24-28,30-31,33-35,59H,4-6,9,12-15,18,21-23,29,32,36-58H2,1-3H3/b10-7-,11-8-,19-16-,20-17-,27-24-,28-25-,31-30-,34-26-,35-33-. The van der Waals surface area contributed by atoms with Gasteiger partial charge in [0, 0.05) is 19.3 Å². The summed E-state index contributed by atoms with van der Waals surface area (Å²) >= 11 is 0. The van der Waals surface area contributed by atoms with Crippen LogP contribution in [0.5, 0.6) is 0 Å². The monoisotopic (exact) mass is 943 g/mol. The molecule has 0 fully saturated rings. The van der Waals surface area contributed by atoms with Crippen molar-refractivity contribution >= 4 is 17.9 Å². The molecule has 0 spiro atoms. The third-order valence-electron chi connectivity index (χ3n) is 11.5. The van der Waals surface area contributed by atoms with Crippen molar-refractivity contribution in [2.45, 2.75) is 252 Å². The Labute approximate surface area is 419 Å². The van der Waals surface area contributed by atoms with Crippen LogP contribution >= 0.6 is 0 Å². The average molecular weight is 943 g/mol. The molecule has 0 N–H and O–H groups in total. The van der Waals surface area contributed by atoms with E-state index >= 15 is 0 Å². The molecule has 0 aromatic heterocycles. The van der Waals surface area contributed by atoms with Crippen molar-refractivity contribution in [3.63, 3.8) is 0 Å². The fourth-order valence-corrected chi connectivity index (χ4v) is 7.36. The van der Waals surface area contributed by atoms with E-state index in [0.717, 1.165) is 161 Å². The van der Waals surface area contributed by atoms with E-state index in [1.165, 1.54) is 44.9 Å². The third kappa shape index (κ3) is 53.0. The predicted molar refractivity (Wildman–Crippen MR) is 293 cm³/mol. The van der Waals surface area contributed by atoms with Crippen LogP contribution in [0, 0.1) is 0 Å². The van der Waals surface area contributed by atoms with Crippen LogP contribution in [0.3, 0.4) is 0 Å². The number of esters is 3. The molecule has 1 atom stereocenters. The Morgan fingerprint density at radius 1 is 0.309 bits per heavy atom. The zero-order chi connectivity index (χ0) is 49.3. The Bertz CT molecular complexity index is 1410. The SMILES string of the molecule is CC/C=C\C/C=C\C/C=C\C/C=C\C/C=C\CCCCCCCC(=O)OCC(COC(=O)CCCCCCC/C=C\CCCCCCC)OC(=O)CCCCCCC/C=C\C/C=C\C/C=C\CC. The largest absolute Gasteiger partial charge is 0.462 e. The van der Waals surface area contributed by atoms with Crippen molar-refractivity contribution in [3.05, 3.63) is 109 Å². The normalized spacial score (nSPS) is 12.9. The second-order valence-electron chi connectivity index (χ2n) is 18.1. The van der Waals surface area contributed by atoms with Crippen molar-refractivity contribution in [2.75, 3.05) is 13.2 Å². The molecule has 0 aliphatic heterocycles. The Kier molecular flexibility index (Phi) is 52.4. The second kappa shape index (κ2) is 55.7. The van der Waals surface area contributed by atoms with Gasteiger partial charge in [0.15, 0.2) is 6.10 Å². The highest BCUT2D eigenvalue weighted by Gasteiger charge is 2.19. The lowest BCUT2D eigenvalue weighted by Gasteiger charge is -2.18. The van der Waals surface area contributed by atoms with Crippen LogP contribution < -0.4 is 0 Å². The topological polar surface area (TPSA) is 78.9 Å². The summed E-state index contributed by atoms with van der Waals surface area (Å²) in [6.07, 6.45) is 75.0. The van der Waals surface area contributed by atoms with E-state index in [-0.39, 0.29) is 31.1 Å². The second-order valence-corrected chi connectivity index (χ2v) is 18.1. The van der Waals surface area contributed by atoms with E-state index in [1.54, 1.807) is 0 Å². The molecule has 0 aromatic carbocycles. The molecule has 0 rings (SSSR count). The summed E-state index contributed by atoms with van der Waals surface area (Å²) in [6.45, 7) is 6.36. The van der Waals surface area contributed by atoms with Gasteiger partial charge in [-0.1, -0.05) is 214 Å². The summed E-state index contributed by atoms with van der Waals surface area (Å²) in [5.74, 6) is -0.943.